The van der Waals surface area contributed by atoms with Gasteiger partial charge in [0.15, 0.2) is 0 Å². The number of alkyl halides is 1. The van der Waals surface area contributed by atoms with Crippen molar-refractivity contribution >= 4 is 0 Å². The molecule has 0 saturated carbocycles. The summed E-state index contributed by atoms with van der Waals surface area (Å²) in [4.78, 5) is 0. The highest BCUT2D eigenvalue weighted by molar-refractivity contribution is 4.69. The normalized spacial score (nSPS) is 13.9. The Morgan fingerprint density at radius 1 is 1.75 bits per heavy atom. The van der Waals surface area contributed by atoms with Crippen molar-refractivity contribution in [2.45, 2.75) is 25.9 Å². The smallest absolute Gasteiger partial charge is 0.0894 e. The average Bonchev–Trinajstić information content (AvgIpc) is 1.66. The summed E-state index contributed by atoms with van der Waals surface area (Å²) in [5, 5.41) is 8.60. The van der Waals surface area contributed by atoms with Gasteiger partial charge in [0.2, 0.25) is 0 Å². The van der Waals surface area contributed by atoms with Gasteiger partial charge >= 0.3 is 0 Å². The topological polar surface area (TPSA) is 20.2 Å². The molecule has 0 heterocycles. The van der Waals surface area contributed by atoms with Crippen LogP contribution in [0.3, 0.4) is 0 Å². The van der Waals surface area contributed by atoms with Crippen molar-refractivity contribution in [3.8, 4) is 0 Å². The Hall–Kier alpha value is -0.110. The van der Waals surface area contributed by atoms with Crippen LogP contribution in [0.5, 0.6) is 0 Å². The van der Waals surface area contributed by atoms with Gasteiger partial charge in [-0.15, -0.1) is 0 Å². The molecule has 0 amide bonds. The number of aliphatic hydroxyl groups excluding tert-OH is 1. The molecule has 0 aromatic heterocycles. The van der Waals surface area contributed by atoms with Crippen LogP contribution >= 0.6 is 0 Å². The molecule has 1 nitrogen and oxygen atoms in total. The first-order valence-corrected chi connectivity index (χ1v) is 2.84. The minimum absolute atomic E-state index is 0.288. The number of unbranched alkanes of at least 4 members (excludes halogenated alkanes) is 1. The number of halogens is 1. The largest absolute Gasteiger partial charge is 0.393 e. The highest BCUT2D eigenvalue weighted by Gasteiger charge is 1.93. The van der Waals surface area contributed by atoms with Crippen LogP contribution in [0.25, 0.3) is 0 Å². The predicted octanol–water partition coefficient (Wildman–Crippen LogP) is 1.32. The monoisotopic (exact) mass is 119 g/mol. The van der Waals surface area contributed by atoms with Gasteiger partial charge < -0.3 is 5.11 Å². The molecule has 8 heavy (non-hydrogen) atoms. The third-order valence-electron chi connectivity index (χ3n) is 0.846. The van der Waals surface area contributed by atoms with E-state index in [1.165, 1.54) is 0 Å². The summed E-state index contributed by atoms with van der Waals surface area (Å²) >= 11 is 0. The lowest BCUT2D eigenvalue weighted by Gasteiger charge is -1.98. The molecule has 1 atom stereocenters. The summed E-state index contributed by atoms with van der Waals surface area (Å²) in [6.07, 6.45) is 2.51. The second kappa shape index (κ2) is 5.04. The van der Waals surface area contributed by atoms with Crippen molar-refractivity contribution in [2.75, 3.05) is 6.67 Å². The first-order valence-electron chi connectivity index (χ1n) is 2.84. The minimum Gasteiger partial charge on any atom is -0.393 e. The van der Waals surface area contributed by atoms with Crippen LogP contribution in [0.15, 0.2) is 0 Å². The van der Waals surface area contributed by atoms with E-state index >= 15 is 0 Å². The maximum Gasteiger partial charge on any atom is 0.0894 e. The number of hydrogen-bond acceptors (Lipinski definition) is 1. The van der Waals surface area contributed by atoms with E-state index in [1.54, 1.807) is 13.3 Å². The second-order valence-corrected chi connectivity index (χ2v) is 1.81. The van der Waals surface area contributed by atoms with Gasteiger partial charge in [0.25, 0.3) is 0 Å². The number of aliphatic hydroxyl groups is 1. The first kappa shape index (κ1) is 7.89. The van der Waals surface area contributed by atoms with Gasteiger partial charge in [-0.2, -0.15) is 0 Å². The molecule has 1 radical (unpaired) electrons. The molecule has 0 aliphatic heterocycles. The molecule has 0 rings (SSSR count). The van der Waals surface area contributed by atoms with Gasteiger partial charge in [-0.1, -0.05) is 0 Å². The summed E-state index contributed by atoms with van der Waals surface area (Å²) in [5.41, 5.74) is 0. The minimum atomic E-state index is -0.387. The zero-order valence-corrected chi connectivity index (χ0v) is 5.10. The van der Waals surface area contributed by atoms with Crippen molar-refractivity contribution in [2.24, 2.45) is 0 Å². The molecular formula is C6H12FO. The quantitative estimate of drug-likeness (QED) is 0.553. The van der Waals surface area contributed by atoms with E-state index in [4.69, 9.17) is 5.11 Å². The predicted molar refractivity (Wildman–Crippen MR) is 31.2 cm³/mol. The molecular weight excluding hydrogens is 107 g/mol. The van der Waals surface area contributed by atoms with E-state index < -0.39 is 0 Å². The molecule has 0 saturated heterocycles. The van der Waals surface area contributed by atoms with Crippen molar-refractivity contribution in [1.29, 1.82) is 0 Å². The van der Waals surface area contributed by atoms with Gasteiger partial charge in [0.05, 0.1) is 12.8 Å². The highest BCUT2D eigenvalue weighted by atomic mass is 19.1. The Morgan fingerprint density at radius 2 is 2.38 bits per heavy atom. The molecule has 49 valence electrons. The molecule has 0 fully saturated rings. The maximum absolute atomic E-state index is 11.3. The van der Waals surface area contributed by atoms with Gasteiger partial charge in [0.1, 0.15) is 0 Å². The molecule has 1 N–H and O–H groups in total. The highest BCUT2D eigenvalue weighted by Crippen LogP contribution is 1.97. The Morgan fingerprint density at radius 3 is 2.75 bits per heavy atom. The third kappa shape index (κ3) is 5.89. The summed E-state index contributed by atoms with van der Waals surface area (Å²) in [7, 11) is 0. The van der Waals surface area contributed by atoms with E-state index in [0.29, 0.717) is 12.8 Å². The van der Waals surface area contributed by atoms with E-state index in [-0.39, 0.29) is 12.8 Å². The molecule has 2 heteroatoms. The van der Waals surface area contributed by atoms with E-state index in [9.17, 15) is 4.39 Å². The van der Waals surface area contributed by atoms with Crippen LogP contribution in [0, 0.1) is 6.42 Å². The molecule has 0 aliphatic carbocycles. The zero-order valence-electron chi connectivity index (χ0n) is 5.10. The zero-order chi connectivity index (χ0) is 6.41. The van der Waals surface area contributed by atoms with Gasteiger partial charge in [-0.25, -0.2) is 0 Å². The van der Waals surface area contributed by atoms with Crippen LogP contribution in [-0.2, 0) is 0 Å². The molecule has 0 spiro atoms. The van der Waals surface area contributed by atoms with Gasteiger partial charge in [-0.05, 0) is 26.2 Å². The molecule has 0 aromatic rings. The van der Waals surface area contributed by atoms with Crippen LogP contribution in [0.2, 0.25) is 0 Å². The maximum atomic E-state index is 11.3. The molecule has 0 bridgehead atoms. The Bertz CT molecular complexity index is 45.8. The van der Waals surface area contributed by atoms with Crippen molar-refractivity contribution in [1.82, 2.24) is 0 Å². The van der Waals surface area contributed by atoms with Crippen LogP contribution in [-0.4, -0.2) is 17.9 Å². The summed E-state index contributed by atoms with van der Waals surface area (Å²) in [6, 6.07) is 0. The Labute approximate surface area is 49.5 Å². The number of hydrogen-bond donors (Lipinski definition) is 1. The Kier molecular flexibility index (Phi) is 4.97. The SMILES string of the molecule is CC(O)[CH]CCCF. The van der Waals surface area contributed by atoms with Crippen molar-refractivity contribution < 1.29 is 9.50 Å². The number of rotatable bonds is 4. The lowest BCUT2D eigenvalue weighted by Crippen LogP contribution is -1.99. The third-order valence-corrected chi connectivity index (χ3v) is 0.846. The van der Waals surface area contributed by atoms with E-state index in [2.05, 4.69) is 0 Å². The molecule has 0 aromatic carbocycles. The van der Waals surface area contributed by atoms with Crippen LogP contribution in [0.1, 0.15) is 19.8 Å². The molecule has 1 unspecified atom stereocenters. The lowest BCUT2D eigenvalue weighted by atomic mass is 10.2. The van der Waals surface area contributed by atoms with Crippen molar-refractivity contribution in [3.63, 3.8) is 0 Å². The average molecular weight is 119 g/mol. The van der Waals surface area contributed by atoms with E-state index in [0.717, 1.165) is 0 Å². The fourth-order valence-corrected chi connectivity index (χ4v) is 0.436. The second-order valence-electron chi connectivity index (χ2n) is 1.81. The van der Waals surface area contributed by atoms with Crippen LogP contribution in [0.4, 0.5) is 4.39 Å². The fraction of sp³-hybridized carbons (Fsp3) is 0.833. The lowest BCUT2D eigenvalue weighted by molar-refractivity contribution is 0.221. The van der Waals surface area contributed by atoms with Crippen LogP contribution < -0.4 is 0 Å². The van der Waals surface area contributed by atoms with Gasteiger partial charge in [0, 0.05) is 0 Å². The van der Waals surface area contributed by atoms with Crippen molar-refractivity contribution in [3.05, 3.63) is 6.42 Å². The summed E-state index contributed by atoms with van der Waals surface area (Å²) in [5.74, 6) is 0. The van der Waals surface area contributed by atoms with Gasteiger partial charge in [-0.3, -0.25) is 4.39 Å². The Balaban J connectivity index is 2.72. The summed E-state index contributed by atoms with van der Waals surface area (Å²) in [6.45, 7) is 1.38. The fourth-order valence-electron chi connectivity index (χ4n) is 0.436. The molecule has 0 aliphatic rings. The van der Waals surface area contributed by atoms with E-state index in [1.807, 2.05) is 0 Å². The summed E-state index contributed by atoms with van der Waals surface area (Å²) < 4.78 is 11.3. The standard InChI is InChI=1S/C6H12FO/c1-6(8)4-2-3-5-7/h4,6,8H,2-3,5H2,1H3. The first-order chi connectivity index (χ1) is 3.77.